The van der Waals surface area contributed by atoms with Gasteiger partial charge in [-0.25, -0.2) is 18.4 Å². The highest BCUT2D eigenvalue weighted by Crippen LogP contribution is 2.21. The number of hydrogen-bond donors (Lipinski definition) is 1. The molecule has 0 aromatic heterocycles. The largest absolute Gasteiger partial charge is 0.435 e. The van der Waals surface area contributed by atoms with E-state index in [4.69, 9.17) is 16.7 Å². The fourth-order valence-corrected chi connectivity index (χ4v) is 2.12. The maximum absolute atomic E-state index is 11.4. The Balaban J connectivity index is 3.09. The van der Waals surface area contributed by atoms with Gasteiger partial charge in [-0.2, -0.15) is 0 Å². The zero-order valence-corrected chi connectivity index (χ0v) is 10.4. The molecule has 0 saturated heterocycles. The van der Waals surface area contributed by atoms with Gasteiger partial charge in [-0.1, -0.05) is 11.6 Å². The number of methoxy groups -OCH3 is 1. The number of primary sulfonamides is 1. The second-order valence-corrected chi connectivity index (χ2v) is 4.97. The van der Waals surface area contributed by atoms with Gasteiger partial charge in [0.25, 0.3) is 0 Å². The molecule has 0 aliphatic rings. The Morgan fingerprint density at radius 3 is 2.65 bits per heavy atom. The number of benzene rings is 1. The van der Waals surface area contributed by atoms with E-state index >= 15 is 0 Å². The van der Waals surface area contributed by atoms with Crippen LogP contribution in [-0.2, 0) is 19.5 Å². The quantitative estimate of drug-likeness (QED) is 0.648. The Morgan fingerprint density at radius 1 is 1.47 bits per heavy atom. The Bertz CT molecular complexity index is 528. The molecule has 1 aromatic rings. The summed E-state index contributed by atoms with van der Waals surface area (Å²) in [6, 6.07) is 3.63. The summed E-state index contributed by atoms with van der Waals surface area (Å²) in [7, 11) is -2.63. The van der Waals surface area contributed by atoms with E-state index in [0.29, 0.717) is 0 Å². The van der Waals surface area contributed by atoms with E-state index in [0.717, 1.165) is 6.07 Å². The minimum absolute atomic E-state index is 0.0236. The molecule has 0 unspecified atom stereocenters. The first-order chi connectivity index (χ1) is 7.86. The summed E-state index contributed by atoms with van der Waals surface area (Å²) in [5.74, 6) is -0.728. The molecule has 0 heterocycles. The summed E-state index contributed by atoms with van der Waals surface area (Å²) in [5, 5.41) is 4.88. The third kappa shape index (κ3) is 3.67. The molecule has 94 valence electrons. The van der Waals surface area contributed by atoms with Gasteiger partial charge in [0.1, 0.15) is 4.90 Å². The van der Waals surface area contributed by atoms with E-state index in [-0.39, 0.29) is 22.3 Å². The molecule has 0 spiro atoms. The predicted molar refractivity (Wildman–Crippen MR) is 60.1 cm³/mol. The summed E-state index contributed by atoms with van der Waals surface area (Å²) < 4.78 is 31.5. The molecular weight excluding hydrogens is 270 g/mol. The molecule has 0 radical (unpaired) electrons. The molecule has 1 aromatic carbocycles. The van der Waals surface area contributed by atoms with Crippen molar-refractivity contribution in [3.05, 3.63) is 28.8 Å². The standard InChI is InChI=1S/C9H10ClNO5S/c1-15-5-16-9(12)6-2-3-7(10)8(4-6)17(11,13)14/h2-4H,5H2,1H3,(H2,11,13,14). The van der Waals surface area contributed by atoms with Crippen LogP contribution < -0.4 is 5.14 Å². The fraction of sp³-hybridized carbons (Fsp3) is 0.222. The number of rotatable bonds is 4. The van der Waals surface area contributed by atoms with Crippen molar-refractivity contribution in [3.8, 4) is 0 Å². The number of ether oxygens (including phenoxy) is 2. The van der Waals surface area contributed by atoms with E-state index in [2.05, 4.69) is 9.47 Å². The van der Waals surface area contributed by atoms with Crippen molar-refractivity contribution in [1.29, 1.82) is 0 Å². The number of hydrogen-bond acceptors (Lipinski definition) is 5. The van der Waals surface area contributed by atoms with Gasteiger partial charge in [-0.3, -0.25) is 0 Å². The number of carbonyl (C=O) groups is 1. The Kier molecular flexibility index (Phi) is 4.47. The van der Waals surface area contributed by atoms with Gasteiger partial charge in [0.05, 0.1) is 10.6 Å². The second kappa shape index (κ2) is 5.46. The number of carbonyl (C=O) groups excluding carboxylic acids is 1. The first-order valence-electron chi connectivity index (χ1n) is 4.34. The van der Waals surface area contributed by atoms with Crippen LogP contribution in [0.3, 0.4) is 0 Å². The molecule has 0 aliphatic heterocycles. The normalized spacial score (nSPS) is 11.2. The van der Waals surface area contributed by atoms with Crippen LogP contribution in [0.5, 0.6) is 0 Å². The van der Waals surface area contributed by atoms with Crippen LogP contribution in [0.2, 0.25) is 5.02 Å². The lowest BCUT2D eigenvalue weighted by Crippen LogP contribution is -2.14. The summed E-state index contributed by atoms with van der Waals surface area (Å²) in [5.41, 5.74) is 0.0236. The molecular formula is C9H10ClNO5S. The van der Waals surface area contributed by atoms with Crippen LogP contribution in [0.1, 0.15) is 10.4 Å². The molecule has 2 N–H and O–H groups in total. The van der Waals surface area contributed by atoms with Gasteiger partial charge < -0.3 is 9.47 Å². The van der Waals surface area contributed by atoms with Gasteiger partial charge in [0, 0.05) is 7.11 Å². The lowest BCUT2D eigenvalue weighted by atomic mass is 10.2. The Hall–Kier alpha value is -1.15. The number of halogens is 1. The smallest absolute Gasteiger partial charge is 0.340 e. The summed E-state index contributed by atoms with van der Waals surface area (Å²) in [6.07, 6.45) is 0. The molecule has 0 atom stereocenters. The summed E-state index contributed by atoms with van der Waals surface area (Å²) >= 11 is 5.65. The molecule has 0 aliphatic carbocycles. The molecule has 17 heavy (non-hydrogen) atoms. The molecule has 0 fully saturated rings. The average Bonchev–Trinajstić information content (AvgIpc) is 2.25. The fourth-order valence-electron chi connectivity index (χ4n) is 1.04. The van der Waals surface area contributed by atoms with E-state index in [1.54, 1.807) is 0 Å². The van der Waals surface area contributed by atoms with E-state index in [1.807, 2.05) is 0 Å². The van der Waals surface area contributed by atoms with E-state index in [9.17, 15) is 13.2 Å². The molecule has 1 rings (SSSR count). The van der Waals surface area contributed by atoms with Crippen molar-refractivity contribution < 1.29 is 22.7 Å². The zero-order chi connectivity index (χ0) is 13.1. The van der Waals surface area contributed by atoms with Crippen LogP contribution in [0.4, 0.5) is 0 Å². The van der Waals surface area contributed by atoms with Gasteiger partial charge in [0.15, 0.2) is 6.79 Å². The van der Waals surface area contributed by atoms with E-state index < -0.39 is 16.0 Å². The van der Waals surface area contributed by atoms with Gasteiger partial charge >= 0.3 is 5.97 Å². The van der Waals surface area contributed by atoms with Crippen molar-refractivity contribution >= 4 is 27.6 Å². The van der Waals surface area contributed by atoms with Gasteiger partial charge in [0.2, 0.25) is 10.0 Å². The number of esters is 1. The first-order valence-corrected chi connectivity index (χ1v) is 6.27. The maximum Gasteiger partial charge on any atom is 0.340 e. The van der Waals surface area contributed by atoms with Gasteiger partial charge in [-0.15, -0.1) is 0 Å². The molecule has 0 amide bonds. The highest BCUT2D eigenvalue weighted by Gasteiger charge is 2.16. The van der Waals surface area contributed by atoms with Crippen molar-refractivity contribution in [1.82, 2.24) is 0 Å². The minimum atomic E-state index is -3.98. The molecule has 8 heteroatoms. The lowest BCUT2D eigenvalue weighted by Gasteiger charge is -2.06. The third-order valence-electron chi connectivity index (χ3n) is 1.78. The SMILES string of the molecule is COCOC(=O)c1ccc(Cl)c(S(N)(=O)=O)c1. The Labute approximate surface area is 103 Å². The summed E-state index contributed by atoms with van der Waals surface area (Å²) in [4.78, 5) is 11.1. The maximum atomic E-state index is 11.4. The monoisotopic (exact) mass is 279 g/mol. The van der Waals surface area contributed by atoms with Crippen molar-refractivity contribution in [2.45, 2.75) is 4.90 Å². The zero-order valence-electron chi connectivity index (χ0n) is 8.84. The van der Waals surface area contributed by atoms with E-state index in [1.165, 1.54) is 19.2 Å². The van der Waals surface area contributed by atoms with Gasteiger partial charge in [-0.05, 0) is 18.2 Å². The van der Waals surface area contributed by atoms with Crippen LogP contribution >= 0.6 is 11.6 Å². The predicted octanol–water partition coefficient (Wildman–Crippen LogP) is 0.748. The molecule has 0 saturated carbocycles. The highest BCUT2D eigenvalue weighted by molar-refractivity contribution is 7.89. The van der Waals surface area contributed by atoms with Crippen molar-refractivity contribution in [2.75, 3.05) is 13.9 Å². The number of nitrogens with two attached hydrogens (primary N) is 1. The Morgan fingerprint density at radius 2 is 2.12 bits per heavy atom. The van der Waals surface area contributed by atoms with Crippen LogP contribution in [0, 0.1) is 0 Å². The summed E-state index contributed by atoms with van der Waals surface area (Å²) in [6.45, 7) is -0.230. The van der Waals surface area contributed by atoms with Crippen molar-refractivity contribution in [2.24, 2.45) is 5.14 Å². The van der Waals surface area contributed by atoms with Crippen LogP contribution in [0.15, 0.2) is 23.1 Å². The lowest BCUT2D eigenvalue weighted by molar-refractivity contribution is -0.0125. The molecule has 6 nitrogen and oxygen atoms in total. The van der Waals surface area contributed by atoms with Crippen molar-refractivity contribution in [3.63, 3.8) is 0 Å². The second-order valence-electron chi connectivity index (χ2n) is 3.03. The third-order valence-corrected chi connectivity index (χ3v) is 3.17. The number of sulfonamides is 1. The first kappa shape index (κ1) is 13.9. The topological polar surface area (TPSA) is 95.7 Å². The average molecular weight is 280 g/mol. The van der Waals surface area contributed by atoms with Crippen LogP contribution in [-0.4, -0.2) is 28.3 Å². The molecule has 0 bridgehead atoms. The van der Waals surface area contributed by atoms with Crippen LogP contribution in [0.25, 0.3) is 0 Å². The highest BCUT2D eigenvalue weighted by atomic mass is 35.5. The minimum Gasteiger partial charge on any atom is -0.435 e.